The minimum atomic E-state index is -0.363. The van der Waals surface area contributed by atoms with Gasteiger partial charge < -0.3 is 14.5 Å². The molecule has 0 radical (unpaired) electrons. The Hall–Kier alpha value is -3.22. The number of nitrogens with zero attached hydrogens (tertiary/aromatic N) is 2. The molecule has 1 amide bonds. The van der Waals surface area contributed by atoms with E-state index >= 15 is 0 Å². The van der Waals surface area contributed by atoms with Gasteiger partial charge in [-0.1, -0.05) is 0 Å². The van der Waals surface area contributed by atoms with E-state index in [9.17, 15) is 9.18 Å². The van der Waals surface area contributed by atoms with Crippen LogP contribution in [0.15, 0.2) is 53.5 Å². The number of oxazole rings is 1. The Labute approximate surface area is 150 Å². The summed E-state index contributed by atoms with van der Waals surface area (Å²) in [7, 11) is 1.59. The van der Waals surface area contributed by atoms with Crippen LogP contribution in [0.25, 0.3) is 11.3 Å². The fourth-order valence-electron chi connectivity index (χ4n) is 2.53. The molecule has 3 aromatic rings. The summed E-state index contributed by atoms with van der Waals surface area (Å²) < 4.78 is 23.6. The first-order chi connectivity index (χ1) is 12.7. The van der Waals surface area contributed by atoms with E-state index in [2.05, 4.69) is 15.3 Å². The number of carbonyl (C=O) groups is 1. The number of aromatic nitrogens is 2. The first-order valence-corrected chi connectivity index (χ1v) is 8.13. The number of aryl methyl sites for hydroxylation is 1. The lowest BCUT2D eigenvalue weighted by Gasteiger charge is -2.06. The highest BCUT2D eigenvalue weighted by molar-refractivity contribution is 5.97. The van der Waals surface area contributed by atoms with Gasteiger partial charge in [0.2, 0.25) is 0 Å². The van der Waals surface area contributed by atoms with E-state index in [1.165, 1.54) is 12.5 Å². The molecule has 7 heteroatoms. The molecule has 1 N–H and O–H groups in total. The van der Waals surface area contributed by atoms with Crippen molar-refractivity contribution in [3.05, 3.63) is 66.2 Å². The highest BCUT2D eigenvalue weighted by Crippen LogP contribution is 2.25. The third-order valence-electron chi connectivity index (χ3n) is 3.82. The third-order valence-corrected chi connectivity index (χ3v) is 3.82. The summed E-state index contributed by atoms with van der Waals surface area (Å²) in [5.74, 6) is 0.436. The molecule has 0 saturated heterocycles. The van der Waals surface area contributed by atoms with Crippen LogP contribution in [0.4, 0.5) is 4.39 Å². The van der Waals surface area contributed by atoms with Crippen molar-refractivity contribution in [2.24, 2.45) is 0 Å². The quantitative estimate of drug-likeness (QED) is 0.658. The Kier molecular flexibility index (Phi) is 5.58. The van der Waals surface area contributed by atoms with E-state index in [0.717, 1.165) is 17.3 Å². The van der Waals surface area contributed by atoms with E-state index in [0.29, 0.717) is 30.9 Å². The topological polar surface area (TPSA) is 77.2 Å². The molecule has 0 fully saturated rings. The predicted molar refractivity (Wildman–Crippen MR) is 93.3 cm³/mol. The molecule has 0 atom stereocenters. The van der Waals surface area contributed by atoms with Gasteiger partial charge in [0.05, 0.1) is 13.3 Å². The summed E-state index contributed by atoms with van der Waals surface area (Å²) in [6, 6.07) is 8.60. The Morgan fingerprint density at radius 3 is 2.81 bits per heavy atom. The SMILES string of the molecule is COc1ccc(-c2ocnc2C(=O)NCCCc2cncc(F)c2)cc1. The second-order valence-corrected chi connectivity index (χ2v) is 5.63. The van der Waals surface area contributed by atoms with E-state index < -0.39 is 0 Å². The van der Waals surface area contributed by atoms with Crippen LogP contribution in [0.5, 0.6) is 5.75 Å². The molecule has 134 valence electrons. The maximum absolute atomic E-state index is 13.1. The van der Waals surface area contributed by atoms with Gasteiger partial charge in [0, 0.05) is 18.3 Å². The van der Waals surface area contributed by atoms with Gasteiger partial charge in [-0.3, -0.25) is 9.78 Å². The Morgan fingerprint density at radius 1 is 1.27 bits per heavy atom. The summed E-state index contributed by atoms with van der Waals surface area (Å²) >= 11 is 0. The number of halogens is 1. The summed E-state index contributed by atoms with van der Waals surface area (Å²) in [6.07, 6.45) is 5.30. The zero-order valence-corrected chi connectivity index (χ0v) is 14.2. The molecule has 2 aromatic heterocycles. The Bertz CT molecular complexity index is 878. The van der Waals surface area contributed by atoms with Crippen molar-refractivity contribution in [3.8, 4) is 17.1 Å². The molecule has 0 aliphatic rings. The Morgan fingerprint density at radius 2 is 2.08 bits per heavy atom. The number of nitrogens with one attached hydrogen (secondary N) is 1. The van der Waals surface area contributed by atoms with Gasteiger partial charge in [0.1, 0.15) is 11.6 Å². The zero-order chi connectivity index (χ0) is 18.4. The third kappa shape index (κ3) is 4.24. The van der Waals surface area contributed by atoms with Gasteiger partial charge >= 0.3 is 0 Å². The van der Waals surface area contributed by atoms with Crippen LogP contribution in [0.2, 0.25) is 0 Å². The number of amides is 1. The predicted octanol–water partition coefficient (Wildman–Crippen LogP) is 3.25. The minimum absolute atomic E-state index is 0.225. The minimum Gasteiger partial charge on any atom is -0.497 e. The van der Waals surface area contributed by atoms with Crippen LogP contribution in [0.1, 0.15) is 22.5 Å². The normalized spacial score (nSPS) is 10.5. The number of pyridine rings is 1. The molecule has 0 aliphatic heterocycles. The molecule has 1 aromatic carbocycles. The van der Waals surface area contributed by atoms with Crippen molar-refractivity contribution < 1.29 is 18.3 Å². The molecule has 0 spiro atoms. The molecular weight excluding hydrogens is 337 g/mol. The first kappa shape index (κ1) is 17.6. The van der Waals surface area contributed by atoms with Gasteiger partial charge in [-0.2, -0.15) is 0 Å². The number of carbonyl (C=O) groups excluding carboxylic acids is 1. The lowest BCUT2D eigenvalue weighted by atomic mass is 10.1. The number of rotatable bonds is 7. The van der Waals surface area contributed by atoms with Crippen LogP contribution in [0.3, 0.4) is 0 Å². The van der Waals surface area contributed by atoms with Crippen LogP contribution >= 0.6 is 0 Å². The number of hydrogen-bond donors (Lipinski definition) is 1. The summed E-state index contributed by atoms with van der Waals surface area (Å²) in [5, 5.41) is 2.80. The van der Waals surface area contributed by atoms with E-state index in [4.69, 9.17) is 9.15 Å². The molecule has 26 heavy (non-hydrogen) atoms. The lowest BCUT2D eigenvalue weighted by molar-refractivity contribution is 0.0949. The van der Waals surface area contributed by atoms with E-state index in [1.54, 1.807) is 37.6 Å². The van der Waals surface area contributed by atoms with Crippen LogP contribution in [-0.2, 0) is 6.42 Å². The van der Waals surface area contributed by atoms with Gasteiger partial charge in [-0.15, -0.1) is 0 Å². The maximum Gasteiger partial charge on any atom is 0.273 e. The fraction of sp³-hybridized carbons (Fsp3) is 0.211. The second kappa shape index (κ2) is 8.24. The van der Waals surface area contributed by atoms with Gasteiger partial charge in [0.15, 0.2) is 17.8 Å². The molecule has 0 aliphatic carbocycles. The van der Waals surface area contributed by atoms with Crippen molar-refractivity contribution in [2.45, 2.75) is 12.8 Å². The van der Waals surface area contributed by atoms with E-state index in [1.807, 2.05) is 0 Å². The lowest BCUT2D eigenvalue weighted by Crippen LogP contribution is -2.25. The summed E-state index contributed by atoms with van der Waals surface area (Å²) in [5.41, 5.74) is 1.75. The van der Waals surface area contributed by atoms with Gasteiger partial charge in [0.25, 0.3) is 5.91 Å². The molecule has 6 nitrogen and oxygen atoms in total. The maximum atomic E-state index is 13.1. The number of methoxy groups -OCH3 is 1. The molecule has 0 unspecified atom stereocenters. The largest absolute Gasteiger partial charge is 0.497 e. The molecule has 0 bridgehead atoms. The standard InChI is InChI=1S/C19H18FN3O3/c1-25-16-6-4-14(5-7-16)18-17(23-12-26-18)19(24)22-8-2-3-13-9-15(20)11-21-10-13/h4-7,9-12H,2-3,8H2,1H3,(H,22,24). The number of benzene rings is 1. The van der Waals surface area contributed by atoms with Gasteiger partial charge in [-0.25, -0.2) is 9.37 Å². The first-order valence-electron chi connectivity index (χ1n) is 8.13. The Balaban J connectivity index is 1.57. The molecule has 2 heterocycles. The second-order valence-electron chi connectivity index (χ2n) is 5.63. The highest BCUT2D eigenvalue weighted by Gasteiger charge is 2.17. The van der Waals surface area contributed by atoms with Crippen LogP contribution < -0.4 is 10.1 Å². The number of hydrogen-bond acceptors (Lipinski definition) is 5. The summed E-state index contributed by atoms with van der Waals surface area (Å²) in [6.45, 7) is 0.435. The van der Waals surface area contributed by atoms with Crippen molar-refractivity contribution in [1.29, 1.82) is 0 Å². The average Bonchev–Trinajstić information content (AvgIpc) is 3.15. The molecule has 0 saturated carbocycles. The highest BCUT2D eigenvalue weighted by atomic mass is 19.1. The zero-order valence-electron chi connectivity index (χ0n) is 14.2. The average molecular weight is 355 g/mol. The van der Waals surface area contributed by atoms with Crippen LogP contribution in [0, 0.1) is 5.82 Å². The molecule has 3 rings (SSSR count). The smallest absolute Gasteiger partial charge is 0.273 e. The van der Waals surface area contributed by atoms with Crippen LogP contribution in [-0.4, -0.2) is 29.5 Å². The van der Waals surface area contributed by atoms with E-state index in [-0.39, 0.29) is 17.4 Å². The summed E-state index contributed by atoms with van der Waals surface area (Å²) in [4.78, 5) is 20.2. The van der Waals surface area contributed by atoms with Crippen molar-refractivity contribution >= 4 is 5.91 Å². The molecular formula is C19H18FN3O3. The van der Waals surface area contributed by atoms with Crippen molar-refractivity contribution in [1.82, 2.24) is 15.3 Å². The monoisotopic (exact) mass is 355 g/mol. The van der Waals surface area contributed by atoms with Crippen molar-refractivity contribution in [2.75, 3.05) is 13.7 Å². The van der Waals surface area contributed by atoms with Gasteiger partial charge in [-0.05, 0) is 48.7 Å². The van der Waals surface area contributed by atoms with Crippen molar-refractivity contribution in [3.63, 3.8) is 0 Å². The fourth-order valence-corrected chi connectivity index (χ4v) is 2.53. The number of ether oxygens (including phenoxy) is 1.